The van der Waals surface area contributed by atoms with Crippen molar-refractivity contribution in [1.82, 2.24) is 5.32 Å². The van der Waals surface area contributed by atoms with E-state index in [4.69, 9.17) is 4.74 Å². The van der Waals surface area contributed by atoms with Crippen LogP contribution < -0.4 is 15.0 Å². The fourth-order valence-corrected chi connectivity index (χ4v) is 3.39. The minimum atomic E-state index is -0.0252. The molecule has 0 aromatic heterocycles. The predicted molar refractivity (Wildman–Crippen MR) is 89.0 cm³/mol. The zero-order chi connectivity index (χ0) is 15.7. The van der Waals surface area contributed by atoms with Gasteiger partial charge in [-0.3, -0.25) is 4.79 Å². The lowest BCUT2D eigenvalue weighted by Crippen LogP contribution is -2.43. The van der Waals surface area contributed by atoms with E-state index >= 15 is 0 Å². The molecule has 4 heteroatoms. The Morgan fingerprint density at radius 1 is 1.36 bits per heavy atom. The average Bonchev–Trinajstić information content (AvgIpc) is 2.53. The number of fused-ring (bicyclic) bond motifs is 1. The van der Waals surface area contributed by atoms with Gasteiger partial charge in [-0.2, -0.15) is 0 Å². The second kappa shape index (κ2) is 6.29. The van der Waals surface area contributed by atoms with Gasteiger partial charge in [0.15, 0.2) is 5.78 Å². The molecule has 22 heavy (non-hydrogen) atoms. The summed E-state index contributed by atoms with van der Waals surface area (Å²) >= 11 is 0. The molecule has 2 heterocycles. The summed E-state index contributed by atoms with van der Waals surface area (Å²) in [4.78, 5) is 15.0. The summed E-state index contributed by atoms with van der Waals surface area (Å²) in [5.74, 6) is 1.10. The normalized spacial score (nSPS) is 24.8. The van der Waals surface area contributed by atoms with Gasteiger partial charge in [-0.05, 0) is 58.4 Å². The van der Waals surface area contributed by atoms with Gasteiger partial charge in [-0.25, -0.2) is 0 Å². The highest BCUT2D eigenvalue weighted by Crippen LogP contribution is 2.36. The van der Waals surface area contributed by atoms with Crippen LogP contribution in [0.3, 0.4) is 0 Å². The molecule has 0 aliphatic carbocycles. The first-order chi connectivity index (χ1) is 10.6. The van der Waals surface area contributed by atoms with Crippen molar-refractivity contribution in [3.05, 3.63) is 23.8 Å². The number of ether oxygens (including phenoxy) is 1. The molecule has 0 saturated carbocycles. The first-order valence-corrected chi connectivity index (χ1v) is 8.41. The number of rotatable bonds is 3. The van der Waals surface area contributed by atoms with E-state index in [1.54, 1.807) is 0 Å². The molecule has 2 unspecified atom stereocenters. The topological polar surface area (TPSA) is 41.6 Å². The predicted octanol–water partition coefficient (Wildman–Crippen LogP) is 3.01. The number of nitrogens with zero attached hydrogens (tertiary/aromatic N) is 1. The molecule has 2 aliphatic heterocycles. The Labute approximate surface area is 132 Å². The molecular formula is C18H26N2O2. The molecule has 2 aliphatic rings. The molecule has 1 fully saturated rings. The van der Waals surface area contributed by atoms with Gasteiger partial charge in [0.2, 0.25) is 0 Å². The van der Waals surface area contributed by atoms with Crippen LogP contribution in [0.25, 0.3) is 0 Å². The summed E-state index contributed by atoms with van der Waals surface area (Å²) in [6.45, 7) is 8.26. The standard InChI is InChI=1S/C18H26N2O2/c1-12(2)20-11-13(3)22-17-8-7-14(10-16(17)20)18(21)15-6-4-5-9-19-15/h7-8,10,12-13,15,19H,4-6,9,11H2,1-3H3. The maximum absolute atomic E-state index is 12.7. The molecule has 4 nitrogen and oxygen atoms in total. The zero-order valence-corrected chi connectivity index (χ0v) is 13.8. The van der Waals surface area contributed by atoms with E-state index in [1.165, 1.54) is 6.42 Å². The van der Waals surface area contributed by atoms with Crippen molar-refractivity contribution in [2.75, 3.05) is 18.0 Å². The summed E-state index contributed by atoms with van der Waals surface area (Å²) in [6, 6.07) is 6.25. The average molecular weight is 302 g/mol. The first kappa shape index (κ1) is 15.3. The number of anilines is 1. The summed E-state index contributed by atoms with van der Waals surface area (Å²) in [5, 5.41) is 3.34. The van der Waals surface area contributed by atoms with Crippen molar-refractivity contribution >= 4 is 11.5 Å². The third-order valence-corrected chi connectivity index (χ3v) is 4.58. The lowest BCUT2D eigenvalue weighted by atomic mass is 9.95. The molecule has 2 atom stereocenters. The number of nitrogens with one attached hydrogen (secondary N) is 1. The Morgan fingerprint density at radius 2 is 2.18 bits per heavy atom. The van der Waals surface area contributed by atoms with Gasteiger partial charge < -0.3 is 15.0 Å². The number of hydrogen-bond acceptors (Lipinski definition) is 4. The van der Waals surface area contributed by atoms with Gasteiger partial charge in [0.1, 0.15) is 11.9 Å². The molecule has 3 rings (SSSR count). The molecule has 1 N–H and O–H groups in total. The lowest BCUT2D eigenvalue weighted by molar-refractivity contribution is 0.0927. The fraction of sp³-hybridized carbons (Fsp3) is 0.611. The molecule has 0 bridgehead atoms. The number of ketones is 1. The number of piperidine rings is 1. The molecule has 0 amide bonds. The number of hydrogen-bond donors (Lipinski definition) is 1. The van der Waals surface area contributed by atoms with Crippen molar-refractivity contribution in [1.29, 1.82) is 0 Å². The molecule has 1 saturated heterocycles. The SMILES string of the molecule is CC1CN(C(C)C)c2cc(C(=O)C3CCCCN3)ccc2O1. The van der Waals surface area contributed by atoms with Gasteiger partial charge in [-0.1, -0.05) is 6.42 Å². The van der Waals surface area contributed by atoms with Crippen LogP contribution in [0.5, 0.6) is 5.75 Å². The number of carbonyl (C=O) groups excluding carboxylic acids is 1. The Bertz CT molecular complexity index is 550. The summed E-state index contributed by atoms with van der Waals surface area (Å²) in [5.41, 5.74) is 1.84. The first-order valence-electron chi connectivity index (χ1n) is 8.41. The summed E-state index contributed by atoms with van der Waals surface area (Å²) < 4.78 is 5.92. The Hall–Kier alpha value is -1.55. The second-order valence-corrected chi connectivity index (χ2v) is 6.72. The molecule has 0 radical (unpaired) electrons. The summed E-state index contributed by atoms with van der Waals surface area (Å²) in [6.07, 6.45) is 3.42. The van der Waals surface area contributed by atoms with Crippen LogP contribution in [0.15, 0.2) is 18.2 Å². The highest BCUT2D eigenvalue weighted by molar-refractivity contribution is 6.01. The van der Waals surface area contributed by atoms with Gasteiger partial charge in [0, 0.05) is 11.6 Å². The van der Waals surface area contributed by atoms with E-state index < -0.39 is 0 Å². The number of carbonyl (C=O) groups is 1. The smallest absolute Gasteiger partial charge is 0.179 e. The Kier molecular flexibility index (Phi) is 4.39. The summed E-state index contributed by atoms with van der Waals surface area (Å²) in [7, 11) is 0. The van der Waals surface area contributed by atoms with Crippen LogP contribution in [-0.4, -0.2) is 37.1 Å². The fourth-order valence-electron chi connectivity index (χ4n) is 3.39. The van der Waals surface area contributed by atoms with E-state index in [1.807, 2.05) is 18.2 Å². The van der Waals surface area contributed by atoms with E-state index in [0.29, 0.717) is 6.04 Å². The number of Topliss-reactive ketones (excluding diaryl/α,β-unsaturated/α-hetero) is 1. The van der Waals surface area contributed by atoms with Gasteiger partial charge in [0.25, 0.3) is 0 Å². The van der Waals surface area contributed by atoms with E-state index in [-0.39, 0.29) is 17.9 Å². The van der Waals surface area contributed by atoms with Crippen molar-refractivity contribution in [2.45, 2.75) is 58.2 Å². The van der Waals surface area contributed by atoms with Crippen molar-refractivity contribution in [3.63, 3.8) is 0 Å². The third kappa shape index (κ3) is 2.98. The highest BCUT2D eigenvalue weighted by atomic mass is 16.5. The molecule has 1 aromatic carbocycles. The van der Waals surface area contributed by atoms with Crippen molar-refractivity contribution in [3.8, 4) is 5.75 Å². The van der Waals surface area contributed by atoms with E-state index in [0.717, 1.165) is 42.9 Å². The minimum absolute atomic E-state index is 0.0252. The van der Waals surface area contributed by atoms with E-state index in [9.17, 15) is 4.79 Å². The quantitative estimate of drug-likeness (QED) is 0.872. The Morgan fingerprint density at radius 3 is 2.86 bits per heavy atom. The van der Waals surface area contributed by atoms with Crippen LogP contribution in [0.4, 0.5) is 5.69 Å². The second-order valence-electron chi connectivity index (χ2n) is 6.72. The third-order valence-electron chi connectivity index (χ3n) is 4.58. The van der Waals surface area contributed by atoms with Gasteiger partial charge >= 0.3 is 0 Å². The molecule has 1 aromatic rings. The molecule has 0 spiro atoms. The van der Waals surface area contributed by atoms with Crippen molar-refractivity contribution < 1.29 is 9.53 Å². The maximum Gasteiger partial charge on any atom is 0.179 e. The highest BCUT2D eigenvalue weighted by Gasteiger charge is 2.27. The molecular weight excluding hydrogens is 276 g/mol. The van der Waals surface area contributed by atoms with E-state index in [2.05, 4.69) is 31.0 Å². The number of benzene rings is 1. The van der Waals surface area contributed by atoms with Gasteiger partial charge in [-0.15, -0.1) is 0 Å². The van der Waals surface area contributed by atoms with Crippen LogP contribution in [-0.2, 0) is 0 Å². The van der Waals surface area contributed by atoms with Crippen LogP contribution in [0.2, 0.25) is 0 Å². The lowest BCUT2D eigenvalue weighted by Gasteiger charge is -2.38. The van der Waals surface area contributed by atoms with Crippen LogP contribution in [0, 0.1) is 0 Å². The monoisotopic (exact) mass is 302 g/mol. The zero-order valence-electron chi connectivity index (χ0n) is 13.8. The van der Waals surface area contributed by atoms with Crippen LogP contribution in [0.1, 0.15) is 50.4 Å². The minimum Gasteiger partial charge on any atom is -0.487 e. The van der Waals surface area contributed by atoms with Gasteiger partial charge in [0.05, 0.1) is 18.3 Å². The maximum atomic E-state index is 12.7. The van der Waals surface area contributed by atoms with Crippen molar-refractivity contribution in [2.24, 2.45) is 0 Å². The molecule has 120 valence electrons. The largest absolute Gasteiger partial charge is 0.487 e. The van der Waals surface area contributed by atoms with Crippen LogP contribution >= 0.6 is 0 Å². The Balaban J connectivity index is 1.88.